The maximum absolute atomic E-state index is 12.0. The maximum Gasteiger partial charge on any atom is 0.251 e. The van der Waals surface area contributed by atoms with Gasteiger partial charge in [0.2, 0.25) is 0 Å². The summed E-state index contributed by atoms with van der Waals surface area (Å²) in [6.45, 7) is 0.776. The fourth-order valence-electron chi connectivity index (χ4n) is 1.68. The maximum atomic E-state index is 12.0. The van der Waals surface area contributed by atoms with Crippen LogP contribution in [0.2, 0.25) is 0 Å². The average Bonchev–Trinajstić information content (AvgIpc) is 2.52. The van der Waals surface area contributed by atoms with Gasteiger partial charge < -0.3 is 11.1 Å². The minimum absolute atomic E-state index is 0.127. The minimum Gasteiger partial charge on any atom is -0.348 e. The van der Waals surface area contributed by atoms with Crippen molar-refractivity contribution in [3.05, 3.63) is 65.5 Å². The number of carbonyl (C=O) groups excluding carboxylic acids is 1. The lowest BCUT2D eigenvalue weighted by Gasteiger charge is -2.05. The third kappa shape index (κ3) is 3.94. The van der Waals surface area contributed by atoms with E-state index < -0.39 is 0 Å². The molecule has 0 spiro atoms. The lowest BCUT2D eigenvalue weighted by Crippen LogP contribution is -2.22. The van der Waals surface area contributed by atoms with Crippen LogP contribution in [0.1, 0.15) is 21.5 Å². The SMILES string of the molecule is NCC#Cc1cccc(C(=O)NCc2ccncc2)c1. The molecule has 0 unspecified atom stereocenters. The molecule has 100 valence electrons. The van der Waals surface area contributed by atoms with Gasteiger partial charge >= 0.3 is 0 Å². The van der Waals surface area contributed by atoms with Gasteiger partial charge in [0.15, 0.2) is 0 Å². The zero-order valence-corrected chi connectivity index (χ0v) is 11.0. The average molecular weight is 265 g/mol. The monoisotopic (exact) mass is 265 g/mol. The van der Waals surface area contributed by atoms with Crippen molar-refractivity contribution in [1.29, 1.82) is 0 Å². The highest BCUT2D eigenvalue weighted by atomic mass is 16.1. The molecule has 4 nitrogen and oxygen atoms in total. The van der Waals surface area contributed by atoms with Gasteiger partial charge in [-0.2, -0.15) is 0 Å². The number of nitrogens with zero attached hydrogens (tertiary/aromatic N) is 1. The summed E-state index contributed by atoms with van der Waals surface area (Å²) in [4.78, 5) is 16.0. The molecule has 1 aromatic carbocycles. The first kappa shape index (κ1) is 13.8. The van der Waals surface area contributed by atoms with Crippen LogP contribution in [0, 0.1) is 11.8 Å². The van der Waals surface area contributed by atoms with E-state index in [9.17, 15) is 4.79 Å². The first-order valence-electron chi connectivity index (χ1n) is 6.25. The number of rotatable bonds is 3. The Hall–Kier alpha value is -2.64. The molecule has 0 aliphatic rings. The standard InChI is InChI=1S/C16H15N3O/c17-8-2-4-13-3-1-5-15(11-13)16(20)19-12-14-6-9-18-10-7-14/h1,3,5-7,9-11H,8,12,17H2,(H,19,20). The Bertz CT molecular complexity index is 642. The van der Waals surface area contributed by atoms with Crippen molar-refractivity contribution in [2.45, 2.75) is 6.54 Å². The number of nitrogens with two attached hydrogens (primary N) is 1. The molecule has 2 aromatic rings. The summed E-state index contributed by atoms with van der Waals surface area (Å²) >= 11 is 0. The zero-order chi connectivity index (χ0) is 14.2. The summed E-state index contributed by atoms with van der Waals surface area (Å²) in [5.41, 5.74) is 7.71. The van der Waals surface area contributed by atoms with Gasteiger partial charge in [0.25, 0.3) is 5.91 Å². The van der Waals surface area contributed by atoms with Gasteiger partial charge in [-0.25, -0.2) is 0 Å². The molecule has 2 rings (SSSR count). The summed E-state index contributed by atoms with van der Waals surface area (Å²) in [6, 6.07) is 10.9. The second kappa shape index (κ2) is 7.07. The van der Waals surface area contributed by atoms with E-state index in [0.717, 1.165) is 11.1 Å². The molecule has 1 amide bonds. The van der Waals surface area contributed by atoms with Crippen LogP contribution in [0.5, 0.6) is 0 Å². The van der Waals surface area contributed by atoms with Crippen molar-refractivity contribution in [2.75, 3.05) is 6.54 Å². The van der Waals surface area contributed by atoms with Crippen molar-refractivity contribution >= 4 is 5.91 Å². The Morgan fingerprint density at radius 2 is 2.05 bits per heavy atom. The van der Waals surface area contributed by atoms with Gasteiger partial charge in [0.05, 0.1) is 6.54 Å². The highest BCUT2D eigenvalue weighted by Crippen LogP contribution is 2.05. The molecule has 0 aliphatic carbocycles. The predicted octanol–water partition coefficient (Wildman–Crippen LogP) is 1.32. The van der Waals surface area contributed by atoms with E-state index in [-0.39, 0.29) is 5.91 Å². The van der Waals surface area contributed by atoms with E-state index in [2.05, 4.69) is 22.1 Å². The lowest BCUT2D eigenvalue weighted by molar-refractivity contribution is 0.0951. The number of hydrogen-bond donors (Lipinski definition) is 2. The minimum atomic E-state index is -0.127. The number of hydrogen-bond acceptors (Lipinski definition) is 3. The van der Waals surface area contributed by atoms with E-state index in [1.807, 2.05) is 24.3 Å². The Labute approximate surface area is 118 Å². The van der Waals surface area contributed by atoms with Crippen LogP contribution < -0.4 is 11.1 Å². The van der Waals surface area contributed by atoms with Crippen LogP contribution in [0.4, 0.5) is 0 Å². The topological polar surface area (TPSA) is 68.0 Å². The van der Waals surface area contributed by atoms with Crippen molar-refractivity contribution in [2.24, 2.45) is 5.73 Å². The molecule has 0 aliphatic heterocycles. The highest BCUT2D eigenvalue weighted by Gasteiger charge is 2.05. The van der Waals surface area contributed by atoms with Crippen LogP contribution in [0.3, 0.4) is 0 Å². The number of amides is 1. The van der Waals surface area contributed by atoms with E-state index in [1.54, 1.807) is 24.5 Å². The molecule has 0 bridgehead atoms. The van der Waals surface area contributed by atoms with Gasteiger partial charge in [0, 0.05) is 30.1 Å². The van der Waals surface area contributed by atoms with Crippen molar-refractivity contribution in [1.82, 2.24) is 10.3 Å². The summed E-state index contributed by atoms with van der Waals surface area (Å²) < 4.78 is 0. The Morgan fingerprint density at radius 3 is 2.80 bits per heavy atom. The number of nitrogens with one attached hydrogen (secondary N) is 1. The second-order valence-electron chi connectivity index (χ2n) is 4.12. The van der Waals surface area contributed by atoms with Crippen LogP contribution >= 0.6 is 0 Å². The molecular weight excluding hydrogens is 250 g/mol. The molecule has 0 fully saturated rings. The second-order valence-corrected chi connectivity index (χ2v) is 4.12. The van der Waals surface area contributed by atoms with Crippen molar-refractivity contribution in [3.63, 3.8) is 0 Å². The normalized spacial score (nSPS) is 9.45. The third-order valence-electron chi connectivity index (χ3n) is 2.66. The van der Waals surface area contributed by atoms with Gasteiger partial charge in [-0.15, -0.1) is 0 Å². The quantitative estimate of drug-likeness (QED) is 0.822. The molecule has 20 heavy (non-hydrogen) atoms. The van der Waals surface area contributed by atoms with E-state index in [1.165, 1.54) is 0 Å². The first-order valence-corrected chi connectivity index (χ1v) is 6.25. The van der Waals surface area contributed by atoms with E-state index in [4.69, 9.17) is 5.73 Å². The van der Waals surface area contributed by atoms with Crippen molar-refractivity contribution < 1.29 is 4.79 Å². The third-order valence-corrected chi connectivity index (χ3v) is 2.66. The molecule has 0 saturated carbocycles. The number of pyridine rings is 1. The molecule has 1 aromatic heterocycles. The molecule has 4 heteroatoms. The van der Waals surface area contributed by atoms with Crippen LogP contribution in [0.15, 0.2) is 48.8 Å². The fourth-order valence-corrected chi connectivity index (χ4v) is 1.68. The smallest absolute Gasteiger partial charge is 0.251 e. The Kier molecular flexibility index (Phi) is 4.87. The molecular formula is C16H15N3O. The summed E-state index contributed by atoms with van der Waals surface area (Å²) in [7, 11) is 0. The molecule has 3 N–H and O–H groups in total. The summed E-state index contributed by atoms with van der Waals surface area (Å²) in [5, 5.41) is 2.86. The molecule has 0 atom stereocenters. The summed E-state index contributed by atoms with van der Waals surface area (Å²) in [5.74, 6) is 5.55. The Morgan fingerprint density at radius 1 is 1.25 bits per heavy atom. The number of carbonyl (C=O) groups is 1. The fraction of sp³-hybridized carbons (Fsp3) is 0.125. The largest absolute Gasteiger partial charge is 0.348 e. The van der Waals surface area contributed by atoms with Crippen LogP contribution in [-0.4, -0.2) is 17.4 Å². The van der Waals surface area contributed by atoms with E-state index >= 15 is 0 Å². The zero-order valence-electron chi connectivity index (χ0n) is 11.0. The van der Waals surface area contributed by atoms with Crippen LogP contribution in [-0.2, 0) is 6.54 Å². The molecule has 0 radical (unpaired) electrons. The van der Waals surface area contributed by atoms with Gasteiger partial charge in [0.1, 0.15) is 0 Å². The summed E-state index contributed by atoms with van der Waals surface area (Å²) in [6.07, 6.45) is 3.40. The van der Waals surface area contributed by atoms with E-state index in [0.29, 0.717) is 18.7 Å². The van der Waals surface area contributed by atoms with Crippen molar-refractivity contribution in [3.8, 4) is 11.8 Å². The molecule has 0 saturated heterocycles. The predicted molar refractivity (Wildman–Crippen MR) is 77.8 cm³/mol. The first-order chi connectivity index (χ1) is 9.79. The Balaban J connectivity index is 2.02. The number of benzene rings is 1. The number of aromatic nitrogens is 1. The lowest BCUT2D eigenvalue weighted by atomic mass is 10.1. The molecule has 1 heterocycles. The van der Waals surface area contributed by atoms with Crippen LogP contribution in [0.25, 0.3) is 0 Å². The van der Waals surface area contributed by atoms with Gasteiger partial charge in [-0.05, 0) is 35.9 Å². The highest BCUT2D eigenvalue weighted by molar-refractivity contribution is 5.94. The van der Waals surface area contributed by atoms with Gasteiger partial charge in [-0.3, -0.25) is 9.78 Å². The van der Waals surface area contributed by atoms with Gasteiger partial charge in [-0.1, -0.05) is 17.9 Å².